The Morgan fingerprint density at radius 2 is 2.06 bits per heavy atom. The van der Waals surface area contributed by atoms with E-state index < -0.39 is 5.97 Å². The van der Waals surface area contributed by atoms with Crippen LogP contribution < -0.4 is 4.74 Å². The summed E-state index contributed by atoms with van der Waals surface area (Å²) in [5, 5.41) is 22.8. The molecule has 32 heavy (non-hydrogen) atoms. The first-order valence-corrected chi connectivity index (χ1v) is 10.8. The second-order valence-electron chi connectivity index (χ2n) is 7.65. The molecule has 0 spiro atoms. The third-order valence-electron chi connectivity index (χ3n) is 4.79. The zero-order chi connectivity index (χ0) is 23.1. The van der Waals surface area contributed by atoms with Gasteiger partial charge in [0, 0.05) is 17.5 Å². The molecular weight excluding hydrogens is 430 g/mol. The number of halogens is 1. The number of aromatic nitrogens is 2. The molecule has 0 unspecified atom stereocenters. The molecule has 0 bridgehead atoms. The predicted molar refractivity (Wildman–Crippen MR) is 120 cm³/mol. The van der Waals surface area contributed by atoms with Crippen LogP contribution >= 0.6 is 11.6 Å². The van der Waals surface area contributed by atoms with E-state index in [0.29, 0.717) is 39.7 Å². The number of carboxylic acids is 1. The first-order chi connectivity index (χ1) is 15.4. The van der Waals surface area contributed by atoms with E-state index in [1.165, 1.54) is 0 Å². The van der Waals surface area contributed by atoms with E-state index in [9.17, 15) is 10.1 Å². The first-order valence-electron chi connectivity index (χ1n) is 10.4. The lowest BCUT2D eigenvalue weighted by Crippen LogP contribution is -2.06. The Morgan fingerprint density at radius 1 is 1.25 bits per heavy atom. The minimum Gasteiger partial charge on any atom is -0.490 e. The molecule has 0 atom stereocenters. The molecule has 0 radical (unpaired) electrons. The van der Waals surface area contributed by atoms with Gasteiger partial charge in [-0.2, -0.15) is 10.2 Å². The summed E-state index contributed by atoms with van der Waals surface area (Å²) in [5.74, 6) is 0.369. The summed E-state index contributed by atoms with van der Waals surface area (Å²) < 4.78 is 11.1. The smallest absolute Gasteiger partial charge is 0.303 e. The highest BCUT2D eigenvalue weighted by atomic mass is 35.5. The van der Waals surface area contributed by atoms with Gasteiger partial charge in [-0.3, -0.25) is 4.79 Å². The summed E-state index contributed by atoms with van der Waals surface area (Å²) >= 11 is 6.60. The number of carbonyl (C=O) groups is 1. The average Bonchev–Trinajstić information content (AvgIpc) is 3.24. The number of hydrogen-bond acceptors (Lipinski definition) is 6. The lowest BCUT2D eigenvalue weighted by Gasteiger charge is -2.11. The van der Waals surface area contributed by atoms with Crippen LogP contribution in [0.15, 0.2) is 40.9 Å². The largest absolute Gasteiger partial charge is 0.490 e. The molecule has 0 saturated carbocycles. The second-order valence-corrected chi connectivity index (χ2v) is 8.02. The molecule has 3 aromatic rings. The molecule has 8 heteroatoms. The fourth-order valence-corrected chi connectivity index (χ4v) is 3.58. The minimum absolute atomic E-state index is 0.0467. The molecular formula is C24H24ClN3O4. The Bertz CT molecular complexity index is 1130. The summed E-state index contributed by atoms with van der Waals surface area (Å²) in [6.07, 6.45) is 3.17. The van der Waals surface area contributed by atoms with Crippen LogP contribution in [0.3, 0.4) is 0 Å². The molecule has 1 heterocycles. The summed E-state index contributed by atoms with van der Waals surface area (Å²) in [7, 11) is 0. The van der Waals surface area contributed by atoms with Crippen molar-refractivity contribution in [3.05, 3.63) is 52.5 Å². The molecule has 0 amide bonds. The highest BCUT2D eigenvalue weighted by Crippen LogP contribution is 2.32. The second kappa shape index (κ2) is 10.8. The van der Waals surface area contributed by atoms with Gasteiger partial charge in [0.05, 0.1) is 16.7 Å². The number of nitrogens with zero attached hydrogens (tertiary/aromatic N) is 3. The summed E-state index contributed by atoms with van der Waals surface area (Å²) in [4.78, 5) is 15.1. The van der Waals surface area contributed by atoms with Crippen molar-refractivity contribution in [3.63, 3.8) is 0 Å². The Labute approximate surface area is 191 Å². The van der Waals surface area contributed by atoms with Crippen molar-refractivity contribution in [1.82, 2.24) is 10.1 Å². The first kappa shape index (κ1) is 23.3. The molecule has 0 fully saturated rings. The third kappa shape index (κ3) is 5.86. The van der Waals surface area contributed by atoms with Crippen molar-refractivity contribution < 1.29 is 19.2 Å². The highest BCUT2D eigenvalue weighted by Gasteiger charge is 2.17. The van der Waals surface area contributed by atoms with E-state index in [4.69, 9.17) is 26.0 Å². The molecule has 1 N–H and O–H groups in total. The van der Waals surface area contributed by atoms with Crippen LogP contribution in [0.4, 0.5) is 0 Å². The van der Waals surface area contributed by atoms with Gasteiger partial charge in [0.25, 0.3) is 5.89 Å². The topological polar surface area (TPSA) is 109 Å². The van der Waals surface area contributed by atoms with E-state index in [-0.39, 0.29) is 18.4 Å². The zero-order valence-electron chi connectivity index (χ0n) is 18.0. The third-order valence-corrected chi connectivity index (χ3v) is 5.24. The molecule has 166 valence electrons. The molecule has 1 aromatic heterocycles. The maximum Gasteiger partial charge on any atom is 0.303 e. The lowest BCUT2D eigenvalue weighted by atomic mass is 10.0. The van der Waals surface area contributed by atoms with E-state index in [0.717, 1.165) is 24.8 Å². The number of nitriles is 1. The Balaban J connectivity index is 1.77. The van der Waals surface area contributed by atoms with Crippen molar-refractivity contribution in [3.8, 4) is 34.7 Å². The number of ether oxygens (including phenoxy) is 1. The molecule has 0 saturated heterocycles. The molecule has 7 nitrogen and oxygen atoms in total. The van der Waals surface area contributed by atoms with Crippen LogP contribution in [-0.2, 0) is 11.2 Å². The van der Waals surface area contributed by atoms with Crippen LogP contribution in [0.1, 0.15) is 50.7 Å². The van der Waals surface area contributed by atoms with Crippen LogP contribution in [0, 0.1) is 11.3 Å². The SMILES string of the molecule is CC(C)Oc1ccc(-c2nc(-c3cccc(CCCCCC(=O)O)c3Cl)no2)cc1C#N. The molecule has 0 aliphatic rings. The summed E-state index contributed by atoms with van der Waals surface area (Å²) in [6, 6.07) is 12.9. The average molecular weight is 454 g/mol. The van der Waals surface area contributed by atoms with Gasteiger partial charge in [0.1, 0.15) is 11.8 Å². The fourth-order valence-electron chi connectivity index (χ4n) is 3.27. The van der Waals surface area contributed by atoms with Gasteiger partial charge in [-0.05, 0) is 62.9 Å². The van der Waals surface area contributed by atoms with Crippen molar-refractivity contribution >= 4 is 17.6 Å². The minimum atomic E-state index is -0.776. The monoisotopic (exact) mass is 453 g/mol. The number of rotatable bonds is 10. The molecule has 2 aromatic carbocycles. The number of unbranched alkanes of at least 4 members (excludes halogenated alkanes) is 2. The quantitative estimate of drug-likeness (QED) is 0.380. The Morgan fingerprint density at radius 3 is 2.78 bits per heavy atom. The predicted octanol–water partition coefficient (Wildman–Crippen LogP) is 5.90. The summed E-state index contributed by atoms with van der Waals surface area (Å²) in [6.45, 7) is 3.79. The maximum atomic E-state index is 10.6. The van der Waals surface area contributed by atoms with Gasteiger partial charge < -0.3 is 14.4 Å². The van der Waals surface area contributed by atoms with Crippen molar-refractivity contribution in [2.24, 2.45) is 0 Å². The number of aliphatic carboxylic acids is 1. The van der Waals surface area contributed by atoms with Gasteiger partial charge in [0.15, 0.2) is 0 Å². The zero-order valence-corrected chi connectivity index (χ0v) is 18.7. The number of carboxylic acid groups (broad SMARTS) is 1. The summed E-state index contributed by atoms with van der Waals surface area (Å²) in [5.41, 5.74) is 2.61. The highest BCUT2D eigenvalue weighted by molar-refractivity contribution is 6.34. The van der Waals surface area contributed by atoms with Crippen LogP contribution in [-0.4, -0.2) is 27.3 Å². The van der Waals surface area contributed by atoms with Gasteiger partial charge in [0.2, 0.25) is 5.82 Å². The van der Waals surface area contributed by atoms with Gasteiger partial charge in [-0.1, -0.05) is 35.3 Å². The lowest BCUT2D eigenvalue weighted by molar-refractivity contribution is -0.137. The van der Waals surface area contributed by atoms with Crippen molar-refractivity contribution in [2.45, 2.75) is 52.1 Å². The Hall–Kier alpha value is -3.37. The van der Waals surface area contributed by atoms with Gasteiger partial charge >= 0.3 is 5.97 Å². The van der Waals surface area contributed by atoms with Gasteiger partial charge in [-0.25, -0.2) is 0 Å². The van der Waals surface area contributed by atoms with Crippen LogP contribution in [0.25, 0.3) is 22.8 Å². The molecule has 0 aliphatic carbocycles. The Kier molecular flexibility index (Phi) is 7.85. The van der Waals surface area contributed by atoms with Crippen LogP contribution in [0.2, 0.25) is 5.02 Å². The van der Waals surface area contributed by atoms with Crippen molar-refractivity contribution in [1.29, 1.82) is 5.26 Å². The number of aryl methyl sites for hydroxylation is 1. The normalized spacial score (nSPS) is 10.8. The maximum absolute atomic E-state index is 10.6. The van der Waals surface area contributed by atoms with E-state index in [1.54, 1.807) is 18.2 Å². The molecule has 3 rings (SSSR count). The van der Waals surface area contributed by atoms with E-state index in [1.807, 2.05) is 32.0 Å². The molecule has 0 aliphatic heterocycles. The van der Waals surface area contributed by atoms with Crippen molar-refractivity contribution in [2.75, 3.05) is 0 Å². The van der Waals surface area contributed by atoms with E-state index >= 15 is 0 Å². The van der Waals surface area contributed by atoms with Crippen LogP contribution in [0.5, 0.6) is 5.75 Å². The van der Waals surface area contributed by atoms with Gasteiger partial charge in [-0.15, -0.1) is 0 Å². The standard InChI is InChI=1S/C24H24ClN3O4/c1-15(2)31-20-12-11-17(13-18(20)14-26)24-27-23(28-32-24)19-9-6-8-16(22(19)25)7-4-3-5-10-21(29)30/h6,8-9,11-13,15H,3-5,7,10H2,1-2H3,(H,29,30). The number of benzene rings is 2. The fraction of sp³-hybridized carbons (Fsp3) is 0.333. The number of hydrogen-bond donors (Lipinski definition) is 1. The van der Waals surface area contributed by atoms with E-state index in [2.05, 4.69) is 16.2 Å².